The highest BCUT2D eigenvalue weighted by molar-refractivity contribution is 8.00. The molecule has 0 amide bonds. The number of rotatable bonds is 3. The average molecular weight is 201 g/mol. The van der Waals surface area contributed by atoms with Crippen LogP contribution in [0.15, 0.2) is 4.99 Å². The van der Waals surface area contributed by atoms with E-state index in [2.05, 4.69) is 17.3 Å². The number of hydrazine groups is 1. The Balaban J connectivity index is 2.43. The summed E-state index contributed by atoms with van der Waals surface area (Å²) in [6.45, 7) is 3.02. The van der Waals surface area contributed by atoms with Crippen molar-refractivity contribution in [2.45, 2.75) is 37.9 Å². The van der Waals surface area contributed by atoms with E-state index in [0.717, 1.165) is 18.8 Å². The number of amidine groups is 1. The molecule has 0 aromatic rings. The number of hydrogen-bond acceptors (Lipinski definition) is 3. The molecule has 1 aliphatic heterocycles. The van der Waals surface area contributed by atoms with Gasteiger partial charge in [0.1, 0.15) is 5.84 Å². The van der Waals surface area contributed by atoms with E-state index >= 15 is 0 Å². The number of aliphatic imine (C=N–C) groups is 1. The molecule has 4 heteroatoms. The van der Waals surface area contributed by atoms with E-state index in [-0.39, 0.29) is 0 Å². The number of thioether (sulfide) groups is 1. The summed E-state index contributed by atoms with van der Waals surface area (Å²) in [7, 11) is 0. The fourth-order valence-electron chi connectivity index (χ4n) is 1.43. The Hall–Kier alpha value is -0.220. The Kier molecular flexibility index (Phi) is 5.23. The van der Waals surface area contributed by atoms with Crippen LogP contribution in [0.4, 0.5) is 0 Å². The predicted molar refractivity (Wildman–Crippen MR) is 60.0 cm³/mol. The van der Waals surface area contributed by atoms with Crippen LogP contribution >= 0.6 is 11.8 Å². The van der Waals surface area contributed by atoms with E-state index in [9.17, 15) is 0 Å². The van der Waals surface area contributed by atoms with Crippen LogP contribution in [0.25, 0.3) is 0 Å². The molecule has 0 aromatic carbocycles. The molecule has 1 aliphatic rings. The molecule has 13 heavy (non-hydrogen) atoms. The predicted octanol–water partition coefficient (Wildman–Crippen LogP) is 1.54. The van der Waals surface area contributed by atoms with Crippen molar-refractivity contribution in [3.05, 3.63) is 0 Å². The molecule has 0 aromatic heterocycles. The lowest BCUT2D eigenvalue weighted by Gasteiger charge is -2.22. The molecule has 3 nitrogen and oxygen atoms in total. The normalized spacial score (nSPS) is 24.5. The number of nitrogens with two attached hydrogens (primary N) is 1. The van der Waals surface area contributed by atoms with Crippen LogP contribution in [0.3, 0.4) is 0 Å². The highest BCUT2D eigenvalue weighted by atomic mass is 32.2. The van der Waals surface area contributed by atoms with E-state index in [1.807, 2.05) is 11.8 Å². The van der Waals surface area contributed by atoms with Gasteiger partial charge in [-0.05, 0) is 25.0 Å². The van der Waals surface area contributed by atoms with Crippen molar-refractivity contribution in [1.82, 2.24) is 5.43 Å². The third kappa shape index (κ3) is 3.56. The smallest absolute Gasteiger partial charge is 0.124 e. The molecule has 0 bridgehead atoms. The highest BCUT2D eigenvalue weighted by Gasteiger charge is 2.18. The number of hydrogen-bond donors (Lipinski definition) is 2. The first-order chi connectivity index (χ1) is 6.38. The Bertz CT molecular complexity index is 164. The topological polar surface area (TPSA) is 50.4 Å². The second-order valence-corrected chi connectivity index (χ2v) is 4.58. The molecule has 0 aliphatic carbocycles. The first-order valence-corrected chi connectivity index (χ1v) is 6.06. The maximum atomic E-state index is 5.45. The first kappa shape index (κ1) is 10.9. The SMILES string of the molecule is CCCN=C(NN)C1CCCCS1. The summed E-state index contributed by atoms with van der Waals surface area (Å²) in [4.78, 5) is 4.44. The van der Waals surface area contributed by atoms with Crippen molar-refractivity contribution in [3.8, 4) is 0 Å². The van der Waals surface area contributed by atoms with E-state index < -0.39 is 0 Å². The summed E-state index contributed by atoms with van der Waals surface area (Å²) < 4.78 is 0. The van der Waals surface area contributed by atoms with Crippen LogP contribution in [-0.4, -0.2) is 23.4 Å². The van der Waals surface area contributed by atoms with Gasteiger partial charge in [0.25, 0.3) is 0 Å². The lowest BCUT2D eigenvalue weighted by molar-refractivity contribution is 0.717. The minimum atomic E-state index is 0.519. The molecule has 1 atom stereocenters. The minimum absolute atomic E-state index is 0.519. The van der Waals surface area contributed by atoms with Crippen molar-refractivity contribution in [2.75, 3.05) is 12.3 Å². The van der Waals surface area contributed by atoms with Gasteiger partial charge in [-0.1, -0.05) is 13.3 Å². The summed E-state index contributed by atoms with van der Waals surface area (Å²) in [5.41, 5.74) is 2.74. The van der Waals surface area contributed by atoms with Gasteiger partial charge in [0, 0.05) is 6.54 Å². The molecule has 1 heterocycles. The largest absolute Gasteiger partial charge is 0.311 e. The van der Waals surface area contributed by atoms with Crippen LogP contribution in [0.1, 0.15) is 32.6 Å². The second kappa shape index (κ2) is 6.27. The van der Waals surface area contributed by atoms with Crippen molar-refractivity contribution in [3.63, 3.8) is 0 Å². The number of nitrogens with one attached hydrogen (secondary N) is 1. The Morgan fingerprint density at radius 1 is 1.62 bits per heavy atom. The molecule has 3 N–H and O–H groups in total. The fourth-order valence-corrected chi connectivity index (χ4v) is 2.72. The van der Waals surface area contributed by atoms with E-state index in [1.165, 1.54) is 25.0 Å². The number of nitrogens with zero attached hydrogens (tertiary/aromatic N) is 1. The molecule has 1 rings (SSSR count). The van der Waals surface area contributed by atoms with Crippen LogP contribution in [0.2, 0.25) is 0 Å². The van der Waals surface area contributed by atoms with Crippen molar-refractivity contribution >= 4 is 17.6 Å². The summed E-state index contributed by atoms with van der Waals surface area (Å²) >= 11 is 1.97. The quantitative estimate of drug-likeness (QED) is 0.315. The summed E-state index contributed by atoms with van der Waals surface area (Å²) in [5.74, 6) is 7.69. The van der Waals surface area contributed by atoms with Crippen molar-refractivity contribution < 1.29 is 0 Å². The molecule has 0 radical (unpaired) electrons. The summed E-state index contributed by atoms with van der Waals surface area (Å²) in [6, 6.07) is 0. The average Bonchev–Trinajstić information content (AvgIpc) is 2.21. The van der Waals surface area contributed by atoms with Gasteiger partial charge in [-0.15, -0.1) is 0 Å². The minimum Gasteiger partial charge on any atom is -0.311 e. The second-order valence-electron chi connectivity index (χ2n) is 3.27. The van der Waals surface area contributed by atoms with E-state index in [1.54, 1.807) is 0 Å². The van der Waals surface area contributed by atoms with E-state index in [0.29, 0.717) is 5.25 Å². The summed E-state index contributed by atoms with van der Waals surface area (Å²) in [5, 5.41) is 0.519. The van der Waals surface area contributed by atoms with Gasteiger partial charge in [-0.3, -0.25) is 4.99 Å². The molecular weight excluding hydrogens is 182 g/mol. The zero-order chi connectivity index (χ0) is 9.52. The van der Waals surface area contributed by atoms with Gasteiger partial charge in [0.05, 0.1) is 5.25 Å². The van der Waals surface area contributed by atoms with Crippen LogP contribution in [0, 0.1) is 0 Å². The van der Waals surface area contributed by atoms with Gasteiger partial charge in [-0.25, -0.2) is 5.84 Å². The molecule has 76 valence electrons. The Morgan fingerprint density at radius 3 is 3.00 bits per heavy atom. The molecule has 0 saturated carbocycles. The van der Waals surface area contributed by atoms with Gasteiger partial charge in [0.2, 0.25) is 0 Å². The van der Waals surface area contributed by atoms with Gasteiger partial charge in [0.15, 0.2) is 0 Å². The van der Waals surface area contributed by atoms with Crippen molar-refractivity contribution in [1.29, 1.82) is 0 Å². The standard InChI is InChI=1S/C9H19N3S/c1-2-6-11-9(12-10)8-5-3-4-7-13-8/h8H,2-7,10H2,1H3,(H,11,12). The first-order valence-electron chi connectivity index (χ1n) is 5.01. The molecule has 1 fully saturated rings. The Morgan fingerprint density at radius 2 is 2.46 bits per heavy atom. The zero-order valence-electron chi connectivity index (χ0n) is 8.25. The van der Waals surface area contributed by atoms with Gasteiger partial charge in [-0.2, -0.15) is 11.8 Å². The Labute approximate surface area is 84.5 Å². The zero-order valence-corrected chi connectivity index (χ0v) is 9.07. The van der Waals surface area contributed by atoms with Crippen LogP contribution in [0.5, 0.6) is 0 Å². The maximum Gasteiger partial charge on any atom is 0.124 e. The third-order valence-electron chi connectivity index (χ3n) is 2.14. The monoisotopic (exact) mass is 201 g/mol. The van der Waals surface area contributed by atoms with Crippen molar-refractivity contribution in [2.24, 2.45) is 10.8 Å². The molecule has 1 unspecified atom stereocenters. The maximum absolute atomic E-state index is 5.45. The lowest BCUT2D eigenvalue weighted by Crippen LogP contribution is -2.39. The molecule has 1 saturated heterocycles. The lowest BCUT2D eigenvalue weighted by atomic mass is 10.2. The van der Waals surface area contributed by atoms with Crippen LogP contribution < -0.4 is 11.3 Å². The summed E-state index contributed by atoms with van der Waals surface area (Å²) in [6.07, 6.45) is 4.96. The molecular formula is C9H19N3S. The van der Waals surface area contributed by atoms with Gasteiger partial charge >= 0.3 is 0 Å². The highest BCUT2D eigenvalue weighted by Crippen LogP contribution is 2.25. The van der Waals surface area contributed by atoms with Gasteiger partial charge < -0.3 is 5.43 Å². The fraction of sp³-hybridized carbons (Fsp3) is 0.889. The van der Waals surface area contributed by atoms with Crippen LogP contribution in [-0.2, 0) is 0 Å². The van der Waals surface area contributed by atoms with E-state index in [4.69, 9.17) is 5.84 Å². The third-order valence-corrected chi connectivity index (χ3v) is 3.52. The molecule has 0 spiro atoms.